The Morgan fingerprint density at radius 3 is 2.91 bits per heavy atom. The predicted molar refractivity (Wildman–Crippen MR) is 96.0 cm³/mol. The van der Waals surface area contributed by atoms with Crippen molar-refractivity contribution >= 4 is 34.3 Å². The summed E-state index contributed by atoms with van der Waals surface area (Å²) < 4.78 is 11.5. The lowest BCUT2D eigenvalue weighted by Gasteiger charge is -2.24. The first-order chi connectivity index (χ1) is 10.6. The highest BCUT2D eigenvalue weighted by Gasteiger charge is 2.22. The minimum absolute atomic E-state index is 0.0460. The predicted octanol–water partition coefficient (Wildman–Crippen LogP) is 3.31. The quantitative estimate of drug-likeness (QED) is 0.915. The summed E-state index contributed by atoms with van der Waals surface area (Å²) in [6.07, 6.45) is 7.20. The molecule has 0 bridgehead atoms. The first-order valence-electron chi connectivity index (χ1n) is 7.57. The van der Waals surface area contributed by atoms with Crippen LogP contribution in [0.2, 0.25) is 0 Å². The van der Waals surface area contributed by atoms with Crippen molar-refractivity contribution < 1.29 is 9.00 Å². The van der Waals surface area contributed by atoms with Gasteiger partial charge in [0.2, 0.25) is 0 Å². The van der Waals surface area contributed by atoms with Gasteiger partial charge in [-0.25, -0.2) is 4.79 Å². The number of carbonyl (C=O) groups excluding carboxylic acids is 1. The van der Waals surface area contributed by atoms with Crippen LogP contribution < -0.4 is 5.32 Å². The van der Waals surface area contributed by atoms with Crippen LogP contribution in [0, 0.1) is 0 Å². The molecule has 6 heteroatoms. The van der Waals surface area contributed by atoms with Crippen molar-refractivity contribution in [2.45, 2.75) is 30.3 Å². The Bertz CT molecular complexity index is 537. The number of carbonyl (C=O) groups is 1. The molecule has 2 atom stereocenters. The number of hydrogen-bond donors (Lipinski definition) is 1. The molecule has 1 heterocycles. The molecule has 0 aromatic heterocycles. The van der Waals surface area contributed by atoms with Crippen LogP contribution in [0.5, 0.6) is 0 Å². The monoisotopic (exact) mass is 340 g/mol. The maximum Gasteiger partial charge on any atom is 0.321 e. The van der Waals surface area contributed by atoms with Gasteiger partial charge in [-0.05, 0) is 30.7 Å². The number of likely N-dealkylation sites (tertiary alicyclic amines) is 1. The third kappa shape index (κ3) is 5.02. The minimum atomic E-state index is -0.925. The number of thioether (sulfide) groups is 1. The van der Waals surface area contributed by atoms with Crippen molar-refractivity contribution in [1.29, 1.82) is 0 Å². The van der Waals surface area contributed by atoms with Crippen molar-refractivity contribution in [3.05, 3.63) is 29.8 Å². The number of hydrogen-bond acceptors (Lipinski definition) is 3. The third-order valence-electron chi connectivity index (χ3n) is 3.87. The van der Waals surface area contributed by atoms with Crippen LogP contribution in [-0.4, -0.2) is 46.0 Å². The van der Waals surface area contributed by atoms with E-state index in [9.17, 15) is 9.00 Å². The highest BCUT2D eigenvalue weighted by molar-refractivity contribution is 7.99. The maximum absolute atomic E-state index is 12.5. The van der Waals surface area contributed by atoms with Crippen LogP contribution in [0.4, 0.5) is 10.5 Å². The summed E-state index contributed by atoms with van der Waals surface area (Å²) in [7, 11) is -0.925. The number of amides is 2. The second kappa shape index (κ2) is 8.58. The minimum Gasteiger partial charge on any atom is -0.323 e. The Balaban J connectivity index is 2.06. The summed E-state index contributed by atoms with van der Waals surface area (Å²) in [5.74, 6) is 0.462. The summed E-state index contributed by atoms with van der Waals surface area (Å²) in [5, 5.41) is 3.52. The summed E-state index contributed by atoms with van der Waals surface area (Å²) in [5.41, 5.74) is 1.69. The van der Waals surface area contributed by atoms with E-state index in [4.69, 9.17) is 0 Å². The molecule has 0 saturated carbocycles. The molecule has 0 aliphatic carbocycles. The normalized spacial score (nSPS) is 20.3. The molecule has 1 aromatic carbocycles. The summed E-state index contributed by atoms with van der Waals surface area (Å²) in [6, 6.07) is 7.56. The van der Waals surface area contributed by atoms with E-state index in [0.717, 1.165) is 30.8 Å². The summed E-state index contributed by atoms with van der Waals surface area (Å²) in [4.78, 5) is 14.5. The number of nitrogens with zero attached hydrogens (tertiary/aromatic N) is 1. The molecule has 0 spiro atoms. The average Bonchev–Trinajstić information content (AvgIpc) is 2.74. The second-order valence-electron chi connectivity index (χ2n) is 5.60. The highest BCUT2D eigenvalue weighted by Crippen LogP contribution is 2.22. The third-order valence-corrected chi connectivity index (χ3v) is 5.64. The van der Waals surface area contributed by atoms with Crippen molar-refractivity contribution in [2.75, 3.05) is 30.9 Å². The molecule has 1 saturated heterocycles. The fraction of sp³-hybridized carbons (Fsp3) is 0.562. The van der Waals surface area contributed by atoms with E-state index in [0.29, 0.717) is 11.0 Å². The van der Waals surface area contributed by atoms with E-state index in [1.54, 1.807) is 6.26 Å². The van der Waals surface area contributed by atoms with Gasteiger partial charge < -0.3 is 10.2 Å². The Labute approximate surface area is 139 Å². The second-order valence-corrected chi connectivity index (χ2v) is 8.18. The number of urea groups is 1. The number of rotatable bonds is 4. The van der Waals surface area contributed by atoms with Crippen LogP contribution in [0.1, 0.15) is 24.8 Å². The van der Waals surface area contributed by atoms with Crippen molar-refractivity contribution in [3.63, 3.8) is 0 Å². The van der Waals surface area contributed by atoms with Gasteiger partial charge in [0.25, 0.3) is 0 Å². The first kappa shape index (κ1) is 17.3. The van der Waals surface area contributed by atoms with Gasteiger partial charge in [0.1, 0.15) is 0 Å². The number of para-hydroxylation sites is 1. The standard InChI is InChI=1S/C16H24N2O2S2/c1-21-14-8-5-6-10-18(11-14)16(19)17-15-9-4-3-7-13(15)12-22(2)20/h3-4,7,9,14H,5-6,8,10-12H2,1-2H3,(H,17,19)/t14-,22-/m0/s1. The zero-order valence-corrected chi connectivity index (χ0v) is 14.8. The maximum atomic E-state index is 12.5. The Kier molecular flexibility index (Phi) is 6.76. The summed E-state index contributed by atoms with van der Waals surface area (Å²) in [6.45, 7) is 1.61. The lowest BCUT2D eigenvalue weighted by molar-refractivity contribution is 0.214. The van der Waals surface area contributed by atoms with Gasteiger partial charge in [0, 0.05) is 41.1 Å². The molecule has 2 amide bonds. The molecular weight excluding hydrogens is 316 g/mol. The highest BCUT2D eigenvalue weighted by atomic mass is 32.2. The van der Waals surface area contributed by atoms with Gasteiger partial charge in [-0.3, -0.25) is 4.21 Å². The molecule has 1 fully saturated rings. The van der Waals surface area contributed by atoms with Crippen molar-refractivity contribution in [1.82, 2.24) is 4.90 Å². The van der Waals surface area contributed by atoms with Crippen molar-refractivity contribution in [2.24, 2.45) is 0 Å². The molecule has 0 unspecified atom stereocenters. The lowest BCUT2D eigenvalue weighted by atomic mass is 10.2. The van der Waals surface area contributed by atoms with Crippen molar-refractivity contribution in [3.8, 4) is 0 Å². The molecular formula is C16H24N2O2S2. The molecule has 1 N–H and O–H groups in total. The Hall–Kier alpha value is -1.01. The van der Waals surface area contributed by atoms with Crippen LogP contribution in [0.25, 0.3) is 0 Å². The fourth-order valence-corrected chi connectivity index (χ4v) is 4.08. The zero-order chi connectivity index (χ0) is 15.9. The van der Waals surface area contributed by atoms with Gasteiger partial charge >= 0.3 is 6.03 Å². The lowest BCUT2D eigenvalue weighted by Crippen LogP contribution is -2.38. The van der Waals surface area contributed by atoms with E-state index in [1.165, 1.54) is 12.8 Å². The first-order valence-corrected chi connectivity index (χ1v) is 10.6. The fourth-order valence-electron chi connectivity index (χ4n) is 2.66. The molecule has 1 aliphatic heterocycles. The van der Waals surface area contributed by atoms with Crippen LogP contribution >= 0.6 is 11.8 Å². The van der Waals surface area contributed by atoms with E-state index >= 15 is 0 Å². The SMILES string of the molecule is CS[C@H]1CCCCN(C(=O)Nc2ccccc2C[S@](C)=O)C1. The van der Waals surface area contributed by atoms with Gasteiger partial charge in [-0.1, -0.05) is 24.6 Å². The topological polar surface area (TPSA) is 49.4 Å². The van der Waals surface area contributed by atoms with Crippen LogP contribution in [0.3, 0.4) is 0 Å². The van der Waals surface area contributed by atoms with Gasteiger partial charge in [0.05, 0.1) is 5.75 Å². The molecule has 0 radical (unpaired) electrons. The number of benzene rings is 1. The Morgan fingerprint density at radius 2 is 2.18 bits per heavy atom. The Morgan fingerprint density at radius 1 is 1.41 bits per heavy atom. The van der Waals surface area contributed by atoms with E-state index in [1.807, 2.05) is 40.9 Å². The van der Waals surface area contributed by atoms with Crippen LogP contribution in [-0.2, 0) is 16.6 Å². The van der Waals surface area contributed by atoms with Gasteiger partial charge in [0.15, 0.2) is 0 Å². The molecule has 2 rings (SSSR count). The summed E-state index contributed by atoms with van der Waals surface area (Å²) >= 11 is 1.84. The smallest absolute Gasteiger partial charge is 0.321 e. The molecule has 1 aromatic rings. The molecule has 1 aliphatic rings. The zero-order valence-electron chi connectivity index (χ0n) is 13.2. The van der Waals surface area contributed by atoms with E-state index in [2.05, 4.69) is 11.6 Å². The number of nitrogens with one attached hydrogen (secondary N) is 1. The number of anilines is 1. The largest absolute Gasteiger partial charge is 0.323 e. The molecule has 122 valence electrons. The average molecular weight is 341 g/mol. The van der Waals surface area contributed by atoms with Gasteiger partial charge in [-0.15, -0.1) is 0 Å². The van der Waals surface area contributed by atoms with Gasteiger partial charge in [-0.2, -0.15) is 11.8 Å². The molecule has 22 heavy (non-hydrogen) atoms. The molecule has 4 nitrogen and oxygen atoms in total. The van der Waals surface area contributed by atoms with E-state index < -0.39 is 10.8 Å². The van der Waals surface area contributed by atoms with E-state index in [-0.39, 0.29) is 6.03 Å². The van der Waals surface area contributed by atoms with Crippen LogP contribution in [0.15, 0.2) is 24.3 Å².